The van der Waals surface area contributed by atoms with Crippen LogP contribution in [0.25, 0.3) is 0 Å². The van der Waals surface area contributed by atoms with Gasteiger partial charge in [0, 0.05) is 16.9 Å². The molecule has 1 aromatic heterocycles. The molecule has 0 bridgehead atoms. The summed E-state index contributed by atoms with van der Waals surface area (Å²) < 4.78 is 110. The van der Waals surface area contributed by atoms with Gasteiger partial charge >= 0.3 is 30.3 Å². The fraction of sp³-hybridized carbons (Fsp3) is 0.517. The van der Waals surface area contributed by atoms with Crippen molar-refractivity contribution in [3.63, 3.8) is 0 Å². The molecule has 0 radical (unpaired) electrons. The molecule has 83 heavy (non-hydrogen) atoms. The Morgan fingerprint density at radius 3 is 1.25 bits per heavy atom. The summed E-state index contributed by atoms with van der Waals surface area (Å²) in [6.45, 7) is 53.5. The fourth-order valence-corrected chi connectivity index (χ4v) is 13.2. The third-order valence-corrected chi connectivity index (χ3v) is 25.6. The highest BCUT2D eigenvalue weighted by Gasteiger charge is 2.37. The van der Waals surface area contributed by atoms with Crippen LogP contribution in [0.15, 0.2) is 109 Å². The van der Waals surface area contributed by atoms with Crippen molar-refractivity contribution >= 4 is 122 Å². The summed E-state index contributed by atoms with van der Waals surface area (Å²) in [6, 6.07) is 22.0. The van der Waals surface area contributed by atoms with Gasteiger partial charge in [-0.15, -0.1) is 63.9 Å². The summed E-state index contributed by atoms with van der Waals surface area (Å²) in [5.41, 5.74) is 9.71. The molecule has 3 aromatic rings. The second-order valence-electron chi connectivity index (χ2n) is 25.1. The maximum Gasteiger partial charge on any atom is 0.709 e. The summed E-state index contributed by atoms with van der Waals surface area (Å²) in [4.78, 5) is 4.31. The van der Waals surface area contributed by atoms with Crippen LogP contribution in [0.1, 0.15) is 73.3 Å². The number of pyridine rings is 1. The van der Waals surface area contributed by atoms with Gasteiger partial charge in [0.05, 0.1) is 45.0 Å². The number of terminal acetylenes is 2. The molecule has 0 aliphatic heterocycles. The average molecular weight is 1380 g/mol. The van der Waals surface area contributed by atoms with E-state index < -0.39 is 89.8 Å². The van der Waals surface area contributed by atoms with Gasteiger partial charge in [0.15, 0.2) is 0 Å². The number of ether oxygens (including phenoxy) is 1. The Balaban J connectivity index is -0.000000205. The molecule has 0 amide bonds. The first-order valence-electron chi connectivity index (χ1n) is 27.4. The Labute approximate surface area is 524 Å². The van der Waals surface area contributed by atoms with Crippen LogP contribution in [0.5, 0.6) is 5.75 Å². The number of alkyl halides is 3. The topological polar surface area (TPSA) is 22.1 Å². The minimum absolute atomic E-state index is 0.0764. The molecule has 1 heterocycles. The number of aromatic nitrogens is 1. The monoisotopic (exact) mass is 1380 g/mol. The third-order valence-electron chi connectivity index (χ3n) is 10.6. The third kappa shape index (κ3) is 62.3. The molecule has 474 valence electrons. The maximum atomic E-state index is 12.6. The van der Waals surface area contributed by atoms with Crippen molar-refractivity contribution in [1.82, 2.24) is 4.98 Å². The number of methoxy groups -OCH3 is 1. The van der Waals surface area contributed by atoms with E-state index in [1.54, 1.807) is 45.2 Å². The lowest BCUT2D eigenvalue weighted by Gasteiger charge is -2.28. The fourth-order valence-electron chi connectivity index (χ4n) is 5.51. The lowest BCUT2D eigenvalue weighted by Crippen LogP contribution is -2.45. The van der Waals surface area contributed by atoms with Gasteiger partial charge in [-0.05, 0) is 67.9 Å². The molecule has 0 unspecified atom stereocenters. The second-order valence-corrected chi connectivity index (χ2v) is 66.3. The highest BCUT2D eigenvalue weighted by Crippen LogP contribution is 2.29. The zero-order valence-electron chi connectivity index (χ0n) is 54.4. The Morgan fingerprint density at radius 2 is 1.04 bits per heavy atom. The molecule has 0 saturated carbocycles. The summed E-state index contributed by atoms with van der Waals surface area (Å²) in [5, 5.41) is 3.35. The predicted molar refractivity (Wildman–Crippen MR) is 377 cm³/mol. The zero-order chi connectivity index (χ0) is 67.2. The summed E-state index contributed by atoms with van der Waals surface area (Å²) in [6.07, 6.45) is 13.8. The van der Waals surface area contributed by atoms with Gasteiger partial charge in [0.2, 0.25) is 0 Å². The van der Waals surface area contributed by atoms with E-state index in [2.05, 4.69) is 190 Å². The van der Waals surface area contributed by atoms with Gasteiger partial charge < -0.3 is 4.74 Å². The normalized spacial score (nSPS) is 11.8. The lowest BCUT2D eigenvalue weighted by molar-refractivity contribution is -0.136. The van der Waals surface area contributed by atoms with Crippen molar-refractivity contribution in [2.75, 3.05) is 7.11 Å². The number of hydrogen-bond donors (Lipinski definition) is 0. The van der Waals surface area contributed by atoms with Crippen LogP contribution in [0.2, 0.25) is 116 Å². The van der Waals surface area contributed by atoms with Crippen LogP contribution in [0.3, 0.4) is 0 Å². The second kappa shape index (κ2) is 43.2. The molecule has 3 rings (SSSR count). The van der Waals surface area contributed by atoms with E-state index >= 15 is 0 Å². The summed E-state index contributed by atoms with van der Waals surface area (Å²) in [5.74, 6) is 3.11. The Bertz CT molecular complexity index is 2260. The van der Waals surface area contributed by atoms with E-state index in [-0.39, 0.29) is 5.70 Å². The highest BCUT2D eigenvalue weighted by molar-refractivity contribution is 7.67. The van der Waals surface area contributed by atoms with E-state index in [0.717, 1.165) is 11.8 Å². The van der Waals surface area contributed by atoms with Crippen LogP contribution < -0.4 is 20.4 Å². The van der Waals surface area contributed by atoms with Gasteiger partial charge in [-0.2, -0.15) is 13.2 Å². The standard InChI is InChI=1S/C13H22OSi.C10H13F3Si.C9H20Si.C8H13NSi.C6H9F3Si.C5H12Si.C5H10Si.C2HCl3Si.C2H3F3Si/c1-5-15(6-2,7-3)13-10-8-12(14-4)9-11-13;1-14(2,3)9-7-5-4-6-8(9)10(11,12)13;1-5-6-7-8-9-10(2,3)4;1-10(2,3)8-6-4-5-7-9-8;1-6(2,3)4-5-10(7,8)9;2*1-5-6(2,3)4;2*1-2-6(3,4)5/h8-11H,5-7H2,1-4H3;4-7H,1-3H3;8-9H,5-7H2,1-4H3;4-7H,1-3H3;1-3H3;5H,1H2,2-4H3;1H,2-4H3;1H;2H,1H2/b;;9-8+;;;;;;. The van der Waals surface area contributed by atoms with Gasteiger partial charge in [-0.25, -0.2) is 24.6 Å². The average Bonchev–Trinajstić information content (AvgIpc) is 3.35. The number of halogens is 12. The van der Waals surface area contributed by atoms with Gasteiger partial charge in [-0.3, -0.25) is 4.98 Å². The van der Waals surface area contributed by atoms with Crippen molar-refractivity contribution in [1.29, 1.82) is 0 Å². The van der Waals surface area contributed by atoms with Crippen molar-refractivity contribution in [2.45, 2.75) is 190 Å². The van der Waals surface area contributed by atoms with Gasteiger partial charge in [0.1, 0.15) is 21.9 Å². The van der Waals surface area contributed by atoms with Crippen molar-refractivity contribution in [3.8, 4) is 41.1 Å². The molecular weight excluding hydrogens is 1280 g/mol. The van der Waals surface area contributed by atoms with E-state index in [1.807, 2.05) is 37.4 Å². The first-order chi connectivity index (χ1) is 37.1. The summed E-state index contributed by atoms with van der Waals surface area (Å²) >= 11 is 15.5. The quantitative estimate of drug-likeness (QED) is 0.0559. The molecular formula is C60H103Cl3F9NOSi9. The number of rotatable bonds is 13. The van der Waals surface area contributed by atoms with Crippen LogP contribution in [0.4, 0.5) is 37.8 Å². The summed E-state index contributed by atoms with van der Waals surface area (Å²) in [7, 11) is -16.4. The molecule has 0 N–H and O–H groups in total. The Hall–Kier alpha value is -2.52. The Kier molecular flexibility index (Phi) is 47.7. The maximum absolute atomic E-state index is 12.6. The molecule has 0 aliphatic carbocycles. The van der Waals surface area contributed by atoms with Crippen molar-refractivity contribution < 1.29 is 42.6 Å². The molecule has 0 aliphatic rings. The molecule has 0 spiro atoms. The highest BCUT2D eigenvalue weighted by atomic mass is 35.8. The van der Waals surface area contributed by atoms with E-state index in [0.29, 0.717) is 5.19 Å². The molecule has 2 nitrogen and oxygen atoms in total. The SMILES string of the molecule is C#C[Si](C)(C)C.C#C[Si](Cl)(Cl)Cl.C=C[Si](C)(C)C.C=C[Si](F)(F)F.CC(C)(C)C#C[Si](F)(F)F.CCCC/C=C/[Si](C)(C)C.CC[Si](CC)(CC)c1ccc(OC)cc1.C[Si](C)(C)c1ccccc1C(F)(F)F.C[Si](C)(C)c1ccccn1. The number of benzene rings is 2. The first kappa shape index (κ1) is 91.7. The smallest absolute Gasteiger partial charge is 0.497 e. The lowest BCUT2D eigenvalue weighted by atomic mass is 9.99. The number of hydrogen-bond acceptors (Lipinski definition) is 2. The largest absolute Gasteiger partial charge is 0.709 e. The van der Waals surface area contributed by atoms with Crippen molar-refractivity contribution in [3.05, 3.63) is 115 Å². The molecule has 0 atom stereocenters. The number of nitrogens with zero attached hydrogens (tertiary/aromatic N) is 1. The molecule has 23 heteroatoms. The Morgan fingerprint density at radius 1 is 0.627 bits per heavy atom. The molecule has 2 aromatic carbocycles. The van der Waals surface area contributed by atoms with Crippen molar-refractivity contribution in [2.24, 2.45) is 5.41 Å². The number of unbranched alkanes of at least 4 members (excludes halogenated alkanes) is 2. The van der Waals surface area contributed by atoms with Gasteiger partial charge in [0.25, 0.3) is 0 Å². The zero-order valence-corrected chi connectivity index (χ0v) is 65.7. The minimum Gasteiger partial charge on any atom is -0.497 e. The van der Waals surface area contributed by atoms with Crippen LogP contribution >= 0.6 is 33.2 Å². The number of allylic oxidation sites excluding steroid dienone is 1. The van der Waals surface area contributed by atoms with E-state index in [1.165, 1.54) is 54.3 Å². The van der Waals surface area contributed by atoms with Gasteiger partial charge in [-0.1, -0.05) is 234 Å². The van der Waals surface area contributed by atoms with Crippen LogP contribution in [-0.2, 0) is 6.18 Å². The minimum atomic E-state index is -5.63. The first-order valence-corrected chi connectivity index (χ1v) is 56.1. The van der Waals surface area contributed by atoms with E-state index in [9.17, 15) is 37.8 Å². The van der Waals surface area contributed by atoms with E-state index in [4.69, 9.17) is 50.8 Å². The molecule has 0 fully saturated rings. The molecule has 0 saturated heterocycles. The van der Waals surface area contributed by atoms with Crippen LogP contribution in [-0.4, -0.2) is 84.7 Å². The van der Waals surface area contributed by atoms with Crippen LogP contribution in [0, 0.1) is 40.8 Å². The predicted octanol–water partition coefficient (Wildman–Crippen LogP) is 21.2.